The molecule has 2 aromatic rings. The van der Waals surface area contributed by atoms with Crippen LogP contribution in [0.1, 0.15) is 11.7 Å². The number of urea groups is 1. The van der Waals surface area contributed by atoms with Crippen LogP contribution in [0.2, 0.25) is 0 Å². The molecule has 174 valence electrons. The number of methoxy groups -OCH3 is 1. The molecule has 4 amide bonds. The van der Waals surface area contributed by atoms with E-state index in [1.807, 2.05) is 0 Å². The normalized spacial score (nSPS) is 19.2. The van der Waals surface area contributed by atoms with Gasteiger partial charge in [-0.3, -0.25) is 4.79 Å². The smallest absolute Gasteiger partial charge is 0.497 e. The highest BCUT2D eigenvalue weighted by Gasteiger charge is 2.48. The van der Waals surface area contributed by atoms with Gasteiger partial charge >= 0.3 is 11.9 Å². The van der Waals surface area contributed by atoms with E-state index in [4.69, 9.17) is 18.7 Å². The highest BCUT2D eigenvalue weighted by Crippen LogP contribution is 2.28. The maximum atomic E-state index is 13.4. The van der Waals surface area contributed by atoms with Crippen molar-refractivity contribution in [1.29, 1.82) is 0 Å². The number of benzene rings is 1. The Morgan fingerprint density at radius 1 is 1.29 bits per heavy atom. The number of rotatable bonds is 6. The lowest BCUT2D eigenvalue weighted by molar-refractivity contribution is -0.424. The first-order chi connectivity index (χ1) is 16.4. The summed E-state index contributed by atoms with van der Waals surface area (Å²) in [4.78, 5) is 44.4. The lowest BCUT2D eigenvalue weighted by atomic mass is 9.97. The molecule has 3 heterocycles. The molecule has 0 saturated carbocycles. The number of imide groups is 1. The van der Waals surface area contributed by atoms with E-state index in [0.717, 1.165) is 4.90 Å². The lowest BCUT2D eigenvalue weighted by Gasteiger charge is -2.24. The summed E-state index contributed by atoms with van der Waals surface area (Å²) < 4.78 is 22.3. The Morgan fingerprint density at radius 2 is 2.09 bits per heavy atom. The van der Waals surface area contributed by atoms with Gasteiger partial charge in [0.15, 0.2) is 25.7 Å². The molecular weight excluding hydrogens is 446 g/mol. The van der Waals surface area contributed by atoms with Gasteiger partial charge in [-0.25, -0.2) is 4.79 Å². The van der Waals surface area contributed by atoms with Gasteiger partial charge in [0.25, 0.3) is 11.8 Å². The van der Waals surface area contributed by atoms with Crippen LogP contribution in [0.3, 0.4) is 0 Å². The first-order valence-electron chi connectivity index (χ1n) is 10.3. The minimum absolute atomic E-state index is 0.0264. The van der Waals surface area contributed by atoms with Crippen molar-refractivity contribution in [1.82, 2.24) is 15.0 Å². The van der Waals surface area contributed by atoms with Gasteiger partial charge < -0.3 is 24.1 Å². The fourth-order valence-electron chi connectivity index (χ4n) is 3.78. The van der Waals surface area contributed by atoms with E-state index in [-0.39, 0.29) is 37.1 Å². The average molecular weight is 466 g/mol. The minimum Gasteiger partial charge on any atom is -0.497 e. The van der Waals surface area contributed by atoms with Crippen LogP contribution >= 0.6 is 0 Å². The van der Waals surface area contributed by atoms with E-state index in [1.54, 1.807) is 50.5 Å². The Bertz CT molecular complexity index is 1270. The molecule has 1 unspecified atom stereocenters. The van der Waals surface area contributed by atoms with Gasteiger partial charge in [-0.2, -0.15) is 14.4 Å². The Morgan fingerprint density at radius 3 is 2.79 bits per heavy atom. The summed E-state index contributed by atoms with van der Waals surface area (Å²) in [5.74, 6) is 0.545. The van der Waals surface area contributed by atoms with Crippen LogP contribution in [0.4, 0.5) is 10.5 Å². The number of carbonyl (C=O) groups is 3. The first-order valence-corrected chi connectivity index (χ1v) is 10.3. The third-order valence-corrected chi connectivity index (χ3v) is 5.39. The highest BCUT2D eigenvalue weighted by atomic mass is 16.7. The predicted molar refractivity (Wildman–Crippen MR) is 114 cm³/mol. The number of allylic oxidation sites excluding steroid dienone is 1. The number of hydrogen-bond acceptors (Lipinski definition) is 9. The summed E-state index contributed by atoms with van der Waals surface area (Å²) in [6.07, 6.45) is 2.59. The van der Waals surface area contributed by atoms with Crippen molar-refractivity contribution in [3.8, 4) is 5.75 Å². The molecule has 0 spiro atoms. The predicted octanol–water partition coefficient (Wildman–Crippen LogP) is 1.14. The summed E-state index contributed by atoms with van der Waals surface area (Å²) in [7, 11) is 1.54. The zero-order valence-corrected chi connectivity index (χ0v) is 18.3. The monoisotopic (exact) mass is 466 g/mol. The van der Waals surface area contributed by atoms with Crippen molar-refractivity contribution in [2.24, 2.45) is 0 Å². The van der Waals surface area contributed by atoms with Crippen molar-refractivity contribution in [2.45, 2.75) is 19.6 Å². The van der Waals surface area contributed by atoms with Gasteiger partial charge in [0.2, 0.25) is 0 Å². The second kappa shape index (κ2) is 8.56. The standard InChI is InChI=1S/C22H19N5O7/c1-12-23-20(34-25-12)10-27-21(29)15-7-17-18(33-11-32-17)8-16(15)26(22(27)30)9-19(28)24-13-3-5-14(31-2)6-4-13/h3-8,17H,9-11H2,1-2H3/p+1. The molecule has 34 heavy (non-hydrogen) atoms. The SMILES string of the molecule is COc1ccc(NC(=O)C[N+]2=C3C=C4OCOC4C=C3C(=O)N(Cc3nc(C)no3)C2=O)cc1. The van der Waals surface area contributed by atoms with Crippen molar-refractivity contribution in [3.05, 3.63) is 59.5 Å². The number of aromatic nitrogens is 2. The fourth-order valence-corrected chi connectivity index (χ4v) is 3.78. The second-order valence-corrected chi connectivity index (χ2v) is 7.63. The van der Waals surface area contributed by atoms with Crippen LogP contribution < -0.4 is 10.1 Å². The molecule has 1 fully saturated rings. The Kier molecular flexibility index (Phi) is 5.42. The van der Waals surface area contributed by atoms with Gasteiger partial charge in [0, 0.05) is 11.8 Å². The van der Waals surface area contributed by atoms with Gasteiger partial charge in [0.05, 0.1) is 7.11 Å². The van der Waals surface area contributed by atoms with Gasteiger partial charge in [-0.15, -0.1) is 4.90 Å². The molecule has 1 N–H and O–H groups in total. The number of carbonyl (C=O) groups excluding carboxylic acids is 3. The van der Waals surface area contributed by atoms with E-state index in [9.17, 15) is 14.4 Å². The number of hydrogen-bond donors (Lipinski definition) is 1. The van der Waals surface area contributed by atoms with Gasteiger partial charge in [-0.05, 0) is 37.3 Å². The molecule has 2 aliphatic heterocycles. The third kappa shape index (κ3) is 3.94. The maximum Gasteiger partial charge on any atom is 0.502 e. The van der Waals surface area contributed by atoms with Gasteiger partial charge in [-0.1, -0.05) is 5.16 Å². The Hall–Kier alpha value is -4.32. The van der Waals surface area contributed by atoms with Crippen LogP contribution in [0.15, 0.2) is 52.3 Å². The van der Waals surface area contributed by atoms with Crippen LogP contribution in [-0.4, -0.2) is 69.7 Å². The largest absolute Gasteiger partial charge is 0.502 e. The fraction of sp³-hybridized carbons (Fsp3) is 0.273. The number of anilines is 1. The molecule has 1 saturated heterocycles. The average Bonchev–Trinajstić information content (AvgIpc) is 3.47. The van der Waals surface area contributed by atoms with Crippen molar-refractivity contribution in [3.63, 3.8) is 0 Å². The summed E-state index contributed by atoms with van der Waals surface area (Å²) >= 11 is 0. The molecule has 12 heteroatoms. The third-order valence-electron chi connectivity index (χ3n) is 5.39. The van der Waals surface area contributed by atoms with Crippen LogP contribution in [0, 0.1) is 6.92 Å². The topological polar surface area (TPSA) is 136 Å². The van der Waals surface area contributed by atoms with Gasteiger partial charge in [0.1, 0.15) is 28.9 Å². The molecule has 0 radical (unpaired) electrons. The Labute approximate surface area is 193 Å². The van der Waals surface area contributed by atoms with E-state index < -0.39 is 23.9 Å². The zero-order chi connectivity index (χ0) is 23.8. The van der Waals surface area contributed by atoms with E-state index >= 15 is 0 Å². The molecule has 3 aliphatic rings. The molecule has 0 bridgehead atoms. The van der Waals surface area contributed by atoms with Crippen molar-refractivity contribution >= 4 is 29.2 Å². The number of nitrogens with zero attached hydrogens (tertiary/aromatic N) is 4. The van der Waals surface area contributed by atoms with Crippen LogP contribution in [0.25, 0.3) is 0 Å². The summed E-state index contributed by atoms with van der Waals surface area (Å²) in [6, 6.07) is 6.06. The number of fused-ring (bicyclic) bond motifs is 2. The first kappa shape index (κ1) is 21.5. The molecule has 5 rings (SSSR count). The summed E-state index contributed by atoms with van der Waals surface area (Å²) in [5.41, 5.74) is 1.00. The summed E-state index contributed by atoms with van der Waals surface area (Å²) in [6.45, 7) is 1.07. The number of amides is 4. The van der Waals surface area contributed by atoms with E-state index in [1.165, 1.54) is 4.58 Å². The summed E-state index contributed by atoms with van der Waals surface area (Å²) in [5, 5.41) is 6.44. The molecule has 12 nitrogen and oxygen atoms in total. The molecule has 1 atom stereocenters. The zero-order valence-electron chi connectivity index (χ0n) is 18.3. The lowest BCUT2D eigenvalue weighted by Crippen LogP contribution is -2.53. The van der Waals surface area contributed by atoms with Crippen molar-refractivity contribution < 1.29 is 37.7 Å². The van der Waals surface area contributed by atoms with Crippen LogP contribution in [0.5, 0.6) is 5.75 Å². The van der Waals surface area contributed by atoms with E-state index in [0.29, 0.717) is 23.0 Å². The molecule has 1 aliphatic carbocycles. The molecule has 1 aromatic heterocycles. The number of nitrogens with one attached hydrogen (secondary N) is 1. The number of ether oxygens (including phenoxy) is 3. The van der Waals surface area contributed by atoms with E-state index in [2.05, 4.69) is 15.5 Å². The van der Waals surface area contributed by atoms with Crippen LogP contribution in [-0.2, 0) is 25.6 Å². The maximum absolute atomic E-state index is 13.4. The molecule has 1 aromatic carbocycles. The highest BCUT2D eigenvalue weighted by molar-refractivity contribution is 6.29. The molecular formula is C22H20N5O7+. The minimum atomic E-state index is -0.702. The number of aryl methyl sites for hydroxylation is 1. The second-order valence-electron chi connectivity index (χ2n) is 7.63. The van der Waals surface area contributed by atoms with Crippen molar-refractivity contribution in [2.75, 3.05) is 25.8 Å². The quantitative estimate of drug-likeness (QED) is 0.622. The Balaban J connectivity index is 1.46.